The smallest absolute Gasteiger partial charge is 0.237 e. The molecule has 0 bridgehead atoms. The molecule has 0 spiro atoms. The van der Waals surface area contributed by atoms with Crippen LogP contribution in [0.2, 0.25) is 0 Å². The van der Waals surface area contributed by atoms with Gasteiger partial charge in [0.15, 0.2) is 11.5 Å². The van der Waals surface area contributed by atoms with Crippen molar-refractivity contribution in [3.8, 4) is 17.2 Å². The molecule has 0 saturated carbocycles. The Morgan fingerprint density at radius 3 is 2.27 bits per heavy atom. The lowest BCUT2D eigenvalue weighted by molar-refractivity contribution is -0.133. The monoisotopic (exact) mass is 412 g/mol. The number of amides is 1. The lowest BCUT2D eigenvalue weighted by Gasteiger charge is -2.32. The maximum Gasteiger partial charge on any atom is 0.237 e. The first kappa shape index (κ1) is 22.0. The normalized spacial score (nSPS) is 14.3. The second-order valence-corrected chi connectivity index (χ2v) is 7.86. The summed E-state index contributed by atoms with van der Waals surface area (Å²) in [4.78, 5) is 17.0. The lowest BCUT2D eigenvalue weighted by atomic mass is 9.98. The Hall–Kier alpha value is -2.73. The molecule has 0 fully saturated rings. The third-order valence-corrected chi connectivity index (χ3v) is 5.90. The van der Waals surface area contributed by atoms with Crippen LogP contribution in [-0.4, -0.2) is 63.2 Å². The van der Waals surface area contributed by atoms with Crippen molar-refractivity contribution in [1.29, 1.82) is 0 Å². The van der Waals surface area contributed by atoms with Crippen molar-refractivity contribution in [3.63, 3.8) is 0 Å². The SMILES string of the molecule is COc1ccc(CC(C)N(C)CC(=O)N2CCc3cc(OC)c(OC)cc3C2)cc1. The van der Waals surface area contributed by atoms with Gasteiger partial charge in [0.1, 0.15) is 5.75 Å². The van der Waals surface area contributed by atoms with Crippen LogP contribution in [0.4, 0.5) is 0 Å². The van der Waals surface area contributed by atoms with E-state index in [0.717, 1.165) is 36.4 Å². The van der Waals surface area contributed by atoms with Gasteiger partial charge in [-0.15, -0.1) is 0 Å². The molecule has 1 atom stereocenters. The van der Waals surface area contributed by atoms with Crippen LogP contribution in [0.25, 0.3) is 0 Å². The number of rotatable bonds is 8. The Bertz CT molecular complexity index is 866. The standard InChI is InChI=1S/C24H32N2O4/c1-17(12-18-6-8-21(28-3)9-7-18)25(2)16-24(27)26-11-10-19-13-22(29-4)23(30-5)14-20(19)15-26/h6-9,13-14,17H,10-12,15-16H2,1-5H3. The maximum atomic E-state index is 12.9. The molecule has 2 aromatic carbocycles. The molecule has 30 heavy (non-hydrogen) atoms. The number of carbonyl (C=O) groups is 1. The Kier molecular flexibility index (Phi) is 7.21. The summed E-state index contributed by atoms with van der Waals surface area (Å²) in [6.07, 6.45) is 1.71. The van der Waals surface area contributed by atoms with Crippen molar-refractivity contribution in [2.45, 2.75) is 32.4 Å². The summed E-state index contributed by atoms with van der Waals surface area (Å²) in [5.74, 6) is 2.45. The van der Waals surface area contributed by atoms with E-state index in [2.05, 4.69) is 24.0 Å². The number of ether oxygens (including phenoxy) is 3. The maximum absolute atomic E-state index is 12.9. The molecule has 0 saturated heterocycles. The molecule has 1 unspecified atom stereocenters. The second-order valence-electron chi connectivity index (χ2n) is 7.86. The van der Waals surface area contributed by atoms with Crippen LogP contribution < -0.4 is 14.2 Å². The Morgan fingerprint density at radius 1 is 1.03 bits per heavy atom. The third-order valence-electron chi connectivity index (χ3n) is 5.90. The highest BCUT2D eigenvalue weighted by atomic mass is 16.5. The van der Waals surface area contributed by atoms with Gasteiger partial charge in [-0.25, -0.2) is 0 Å². The number of fused-ring (bicyclic) bond motifs is 1. The fourth-order valence-electron chi connectivity index (χ4n) is 3.82. The average molecular weight is 413 g/mol. The highest BCUT2D eigenvalue weighted by Crippen LogP contribution is 2.33. The van der Waals surface area contributed by atoms with Crippen LogP contribution in [0.15, 0.2) is 36.4 Å². The Labute approximate surface area is 179 Å². The quantitative estimate of drug-likeness (QED) is 0.667. The van der Waals surface area contributed by atoms with E-state index in [9.17, 15) is 4.79 Å². The van der Waals surface area contributed by atoms with Gasteiger partial charge < -0.3 is 19.1 Å². The fraction of sp³-hybridized carbons (Fsp3) is 0.458. The number of methoxy groups -OCH3 is 3. The molecule has 1 aliphatic heterocycles. The second kappa shape index (κ2) is 9.85. The van der Waals surface area contributed by atoms with Gasteiger partial charge in [-0.05, 0) is 67.8 Å². The summed E-state index contributed by atoms with van der Waals surface area (Å²) >= 11 is 0. The van der Waals surface area contributed by atoms with Crippen LogP contribution in [0, 0.1) is 0 Å². The largest absolute Gasteiger partial charge is 0.497 e. The van der Waals surface area contributed by atoms with Crippen molar-refractivity contribution in [3.05, 3.63) is 53.1 Å². The number of hydrogen-bond donors (Lipinski definition) is 0. The van der Waals surface area contributed by atoms with Crippen molar-refractivity contribution >= 4 is 5.91 Å². The molecule has 1 heterocycles. The van der Waals surface area contributed by atoms with E-state index in [1.807, 2.05) is 36.2 Å². The van der Waals surface area contributed by atoms with E-state index in [1.54, 1.807) is 21.3 Å². The fourth-order valence-corrected chi connectivity index (χ4v) is 3.82. The predicted octanol–water partition coefficient (Wildman–Crippen LogP) is 3.16. The Morgan fingerprint density at radius 2 is 1.67 bits per heavy atom. The summed E-state index contributed by atoms with van der Waals surface area (Å²) in [6, 6.07) is 12.4. The predicted molar refractivity (Wildman–Crippen MR) is 117 cm³/mol. The average Bonchev–Trinajstić information content (AvgIpc) is 2.77. The van der Waals surface area contributed by atoms with Gasteiger partial charge in [0.05, 0.1) is 27.9 Å². The van der Waals surface area contributed by atoms with E-state index < -0.39 is 0 Å². The summed E-state index contributed by atoms with van der Waals surface area (Å²) in [5, 5.41) is 0. The first-order valence-corrected chi connectivity index (χ1v) is 10.3. The zero-order valence-electron chi connectivity index (χ0n) is 18.6. The Balaban J connectivity index is 1.59. The molecule has 0 N–H and O–H groups in total. The highest BCUT2D eigenvalue weighted by molar-refractivity contribution is 5.78. The van der Waals surface area contributed by atoms with E-state index in [1.165, 1.54) is 11.1 Å². The summed E-state index contributed by atoms with van der Waals surface area (Å²) in [5.41, 5.74) is 3.58. The molecule has 162 valence electrons. The van der Waals surface area contributed by atoms with Crippen molar-refractivity contribution in [2.24, 2.45) is 0 Å². The van der Waals surface area contributed by atoms with E-state index in [4.69, 9.17) is 14.2 Å². The van der Waals surface area contributed by atoms with Crippen LogP contribution in [0.1, 0.15) is 23.6 Å². The molecule has 6 heteroatoms. The minimum atomic E-state index is 0.152. The van der Waals surface area contributed by atoms with Crippen molar-refractivity contribution < 1.29 is 19.0 Å². The van der Waals surface area contributed by atoms with Gasteiger partial charge in [0.2, 0.25) is 5.91 Å². The van der Waals surface area contributed by atoms with Gasteiger partial charge in [-0.3, -0.25) is 9.69 Å². The minimum absolute atomic E-state index is 0.152. The number of carbonyl (C=O) groups excluding carboxylic acids is 1. The number of likely N-dealkylation sites (N-methyl/N-ethyl adjacent to an activating group) is 1. The van der Waals surface area contributed by atoms with E-state index >= 15 is 0 Å². The van der Waals surface area contributed by atoms with Gasteiger partial charge in [0, 0.05) is 19.1 Å². The zero-order valence-corrected chi connectivity index (χ0v) is 18.6. The van der Waals surface area contributed by atoms with Crippen molar-refractivity contribution in [2.75, 3.05) is 41.5 Å². The zero-order chi connectivity index (χ0) is 21.7. The number of benzene rings is 2. The summed E-state index contributed by atoms with van der Waals surface area (Å²) in [7, 11) is 6.96. The number of hydrogen-bond acceptors (Lipinski definition) is 5. The third kappa shape index (κ3) is 5.05. The van der Waals surface area contributed by atoms with E-state index in [-0.39, 0.29) is 11.9 Å². The van der Waals surface area contributed by atoms with Gasteiger partial charge in [-0.2, -0.15) is 0 Å². The summed E-state index contributed by atoms with van der Waals surface area (Å²) in [6.45, 7) is 3.89. The molecule has 6 nitrogen and oxygen atoms in total. The minimum Gasteiger partial charge on any atom is -0.497 e. The molecule has 1 amide bonds. The van der Waals surface area contributed by atoms with Crippen LogP contribution in [0.5, 0.6) is 17.2 Å². The first-order chi connectivity index (χ1) is 14.4. The van der Waals surface area contributed by atoms with Gasteiger partial charge in [-0.1, -0.05) is 12.1 Å². The lowest BCUT2D eigenvalue weighted by Crippen LogP contribution is -2.44. The highest BCUT2D eigenvalue weighted by Gasteiger charge is 2.24. The molecule has 3 rings (SSSR count). The van der Waals surface area contributed by atoms with Crippen molar-refractivity contribution in [1.82, 2.24) is 9.80 Å². The molecule has 2 aromatic rings. The topological polar surface area (TPSA) is 51.2 Å². The first-order valence-electron chi connectivity index (χ1n) is 10.3. The molecular weight excluding hydrogens is 380 g/mol. The molecule has 0 aliphatic carbocycles. The molecule has 1 aliphatic rings. The molecule has 0 radical (unpaired) electrons. The van der Waals surface area contributed by atoms with Gasteiger partial charge >= 0.3 is 0 Å². The van der Waals surface area contributed by atoms with Crippen LogP contribution in [-0.2, 0) is 24.2 Å². The number of nitrogens with zero attached hydrogens (tertiary/aromatic N) is 2. The van der Waals surface area contributed by atoms with Crippen LogP contribution in [0.3, 0.4) is 0 Å². The summed E-state index contributed by atoms with van der Waals surface area (Å²) < 4.78 is 16.0. The van der Waals surface area contributed by atoms with E-state index in [0.29, 0.717) is 18.8 Å². The molecule has 0 aromatic heterocycles. The van der Waals surface area contributed by atoms with Gasteiger partial charge in [0.25, 0.3) is 0 Å². The van der Waals surface area contributed by atoms with Crippen LogP contribution >= 0.6 is 0 Å². The molecular formula is C24H32N2O4.